The fourth-order valence-corrected chi connectivity index (χ4v) is 1.28. The normalized spacial score (nSPS) is 10.1. The van der Waals surface area contributed by atoms with Crippen molar-refractivity contribution >= 4 is 23.3 Å². The Morgan fingerprint density at radius 2 is 2.38 bits per heavy atom. The van der Waals surface area contributed by atoms with E-state index < -0.39 is 0 Å². The topological polar surface area (TPSA) is 72.7 Å². The average molecular weight is 238 g/mol. The van der Waals surface area contributed by atoms with Crippen LogP contribution in [0.4, 0.5) is 5.82 Å². The van der Waals surface area contributed by atoms with Crippen LogP contribution >= 0.6 is 11.6 Å². The molecule has 0 aliphatic carbocycles. The van der Waals surface area contributed by atoms with Crippen LogP contribution in [-0.4, -0.2) is 25.7 Å². The third kappa shape index (κ3) is 2.77. The molecule has 0 fully saturated rings. The molecule has 82 valence electrons. The Labute approximate surface area is 96.3 Å². The van der Waals surface area contributed by atoms with Crippen LogP contribution in [0.2, 0.25) is 5.28 Å². The maximum Gasteiger partial charge on any atom is 0.247 e. The van der Waals surface area contributed by atoms with Crippen molar-refractivity contribution in [3.63, 3.8) is 0 Å². The molecular weight excluding hydrogens is 230 g/mol. The molecule has 0 bridgehead atoms. The van der Waals surface area contributed by atoms with Crippen molar-refractivity contribution in [2.24, 2.45) is 0 Å². The van der Waals surface area contributed by atoms with Crippen LogP contribution in [0, 0.1) is 0 Å². The van der Waals surface area contributed by atoms with Crippen LogP contribution in [0.1, 0.15) is 0 Å². The number of carbonyl (C=O) groups excluding carboxylic acids is 1. The molecule has 16 heavy (non-hydrogen) atoms. The highest BCUT2D eigenvalue weighted by atomic mass is 35.5. The molecule has 1 N–H and O–H groups in total. The maximum absolute atomic E-state index is 11.5. The zero-order chi connectivity index (χ0) is 11.4. The number of hydrogen-bond acceptors (Lipinski definition) is 4. The van der Waals surface area contributed by atoms with Gasteiger partial charge in [-0.15, -0.1) is 0 Å². The second kappa shape index (κ2) is 4.71. The molecule has 0 atom stereocenters. The van der Waals surface area contributed by atoms with E-state index in [4.69, 9.17) is 11.6 Å². The predicted octanol–water partition coefficient (Wildman–Crippen LogP) is 0.965. The molecule has 0 saturated heterocycles. The van der Waals surface area contributed by atoms with Crippen molar-refractivity contribution in [3.05, 3.63) is 36.0 Å². The van der Waals surface area contributed by atoms with E-state index in [0.29, 0.717) is 5.82 Å². The molecule has 1 amide bonds. The van der Waals surface area contributed by atoms with Gasteiger partial charge in [-0.05, 0) is 23.7 Å². The van der Waals surface area contributed by atoms with Gasteiger partial charge in [0.25, 0.3) is 0 Å². The Morgan fingerprint density at radius 1 is 1.50 bits per heavy atom. The van der Waals surface area contributed by atoms with Gasteiger partial charge in [0.2, 0.25) is 11.2 Å². The first-order chi connectivity index (χ1) is 7.74. The molecule has 2 rings (SSSR count). The molecule has 7 heteroatoms. The Bertz CT molecular complexity index is 484. The number of hydrogen-bond donors (Lipinski definition) is 1. The van der Waals surface area contributed by atoms with E-state index in [0.717, 1.165) is 0 Å². The fourth-order valence-electron chi connectivity index (χ4n) is 1.13. The minimum Gasteiger partial charge on any atom is -0.309 e. The monoisotopic (exact) mass is 237 g/mol. The van der Waals surface area contributed by atoms with E-state index in [2.05, 4.69) is 20.4 Å². The number of halogens is 1. The molecule has 2 aromatic rings. The Kier molecular flexibility index (Phi) is 3.11. The first kappa shape index (κ1) is 10.6. The van der Waals surface area contributed by atoms with E-state index >= 15 is 0 Å². The largest absolute Gasteiger partial charge is 0.309 e. The highest BCUT2D eigenvalue weighted by molar-refractivity contribution is 6.28. The van der Waals surface area contributed by atoms with E-state index in [9.17, 15) is 4.79 Å². The van der Waals surface area contributed by atoms with Crippen LogP contribution in [0.5, 0.6) is 0 Å². The van der Waals surface area contributed by atoms with Gasteiger partial charge >= 0.3 is 0 Å². The molecule has 0 aromatic carbocycles. The lowest BCUT2D eigenvalue weighted by Crippen LogP contribution is -2.19. The Morgan fingerprint density at radius 3 is 3.06 bits per heavy atom. The highest BCUT2D eigenvalue weighted by Crippen LogP contribution is 2.05. The standard InChI is InChI=1S/C9H8ClN5O/c10-9-11-4-2-7(14-9)13-8(16)6-15-5-1-3-12-15/h1-5H,6H2,(H,11,13,14,16). The van der Waals surface area contributed by atoms with Crippen LogP contribution in [0.15, 0.2) is 30.7 Å². The number of aromatic nitrogens is 4. The molecule has 0 aliphatic heterocycles. The van der Waals surface area contributed by atoms with Gasteiger partial charge in [-0.25, -0.2) is 9.97 Å². The van der Waals surface area contributed by atoms with E-state index in [1.807, 2.05) is 0 Å². The van der Waals surface area contributed by atoms with Crippen LogP contribution in [0.3, 0.4) is 0 Å². The SMILES string of the molecule is O=C(Cn1cccn1)Nc1ccnc(Cl)n1. The fraction of sp³-hybridized carbons (Fsp3) is 0.111. The van der Waals surface area contributed by atoms with Gasteiger partial charge in [-0.2, -0.15) is 5.10 Å². The lowest BCUT2D eigenvalue weighted by atomic mass is 10.5. The quantitative estimate of drug-likeness (QED) is 0.808. The van der Waals surface area contributed by atoms with Crippen molar-refractivity contribution in [3.8, 4) is 0 Å². The van der Waals surface area contributed by atoms with Gasteiger partial charge < -0.3 is 5.32 Å². The second-order valence-electron chi connectivity index (χ2n) is 2.96. The van der Waals surface area contributed by atoms with Gasteiger partial charge in [0.1, 0.15) is 12.4 Å². The summed E-state index contributed by atoms with van der Waals surface area (Å²) in [5.74, 6) is 0.149. The lowest BCUT2D eigenvalue weighted by molar-refractivity contribution is -0.116. The average Bonchev–Trinajstić information content (AvgIpc) is 2.70. The molecule has 0 spiro atoms. The first-order valence-electron chi connectivity index (χ1n) is 4.50. The summed E-state index contributed by atoms with van der Waals surface area (Å²) in [5.41, 5.74) is 0. The number of anilines is 1. The van der Waals surface area contributed by atoms with Crippen LogP contribution in [0.25, 0.3) is 0 Å². The van der Waals surface area contributed by atoms with E-state index in [1.165, 1.54) is 10.9 Å². The predicted molar refractivity (Wildman–Crippen MR) is 57.9 cm³/mol. The molecule has 0 saturated carbocycles. The van der Waals surface area contributed by atoms with Crippen molar-refractivity contribution in [2.45, 2.75) is 6.54 Å². The van der Waals surface area contributed by atoms with E-state index in [-0.39, 0.29) is 17.7 Å². The molecule has 2 aromatic heterocycles. The molecule has 0 radical (unpaired) electrons. The van der Waals surface area contributed by atoms with Crippen molar-refractivity contribution in [2.75, 3.05) is 5.32 Å². The summed E-state index contributed by atoms with van der Waals surface area (Å²) in [6.07, 6.45) is 4.78. The zero-order valence-corrected chi connectivity index (χ0v) is 8.92. The third-order valence-corrected chi connectivity index (χ3v) is 1.94. The van der Waals surface area contributed by atoms with Crippen molar-refractivity contribution in [1.29, 1.82) is 0 Å². The van der Waals surface area contributed by atoms with E-state index in [1.54, 1.807) is 24.5 Å². The summed E-state index contributed by atoms with van der Waals surface area (Å²) in [6, 6.07) is 3.31. The second-order valence-corrected chi connectivity index (χ2v) is 3.30. The van der Waals surface area contributed by atoms with Crippen molar-refractivity contribution < 1.29 is 4.79 Å². The van der Waals surface area contributed by atoms with Crippen molar-refractivity contribution in [1.82, 2.24) is 19.7 Å². The summed E-state index contributed by atoms with van der Waals surface area (Å²) in [5, 5.41) is 6.59. The Hall–Kier alpha value is -1.95. The number of amides is 1. The molecule has 0 unspecified atom stereocenters. The van der Waals surface area contributed by atoms with Gasteiger partial charge in [-0.1, -0.05) is 0 Å². The summed E-state index contributed by atoms with van der Waals surface area (Å²) in [6.45, 7) is 0.134. The highest BCUT2D eigenvalue weighted by Gasteiger charge is 2.04. The Balaban J connectivity index is 1.97. The third-order valence-electron chi connectivity index (χ3n) is 1.76. The first-order valence-corrected chi connectivity index (χ1v) is 4.87. The maximum atomic E-state index is 11.5. The van der Waals surface area contributed by atoms with Crippen LogP contribution in [-0.2, 0) is 11.3 Å². The number of rotatable bonds is 3. The number of carbonyl (C=O) groups is 1. The lowest BCUT2D eigenvalue weighted by Gasteiger charge is -2.03. The van der Waals surface area contributed by atoms with Crippen LogP contribution < -0.4 is 5.32 Å². The molecular formula is C9H8ClN5O. The number of nitrogens with one attached hydrogen (secondary N) is 1. The minimum atomic E-state index is -0.224. The van der Waals surface area contributed by atoms with Gasteiger partial charge in [-0.3, -0.25) is 9.48 Å². The number of nitrogens with zero attached hydrogens (tertiary/aromatic N) is 4. The smallest absolute Gasteiger partial charge is 0.247 e. The zero-order valence-electron chi connectivity index (χ0n) is 8.17. The molecule has 6 nitrogen and oxygen atoms in total. The summed E-state index contributed by atoms with van der Waals surface area (Å²) >= 11 is 5.58. The minimum absolute atomic E-state index is 0.0943. The summed E-state index contributed by atoms with van der Waals surface area (Å²) in [4.78, 5) is 19.1. The van der Waals surface area contributed by atoms with Gasteiger partial charge in [0.05, 0.1) is 0 Å². The van der Waals surface area contributed by atoms with Gasteiger partial charge in [0, 0.05) is 18.6 Å². The molecule has 2 heterocycles. The summed E-state index contributed by atoms with van der Waals surface area (Å²) < 4.78 is 1.51. The summed E-state index contributed by atoms with van der Waals surface area (Å²) in [7, 11) is 0. The molecule has 0 aliphatic rings. The van der Waals surface area contributed by atoms with Gasteiger partial charge in [0.15, 0.2) is 0 Å².